The van der Waals surface area contributed by atoms with Crippen molar-refractivity contribution in [1.82, 2.24) is 10.0 Å². The van der Waals surface area contributed by atoms with Crippen molar-refractivity contribution in [3.05, 3.63) is 24.3 Å². The van der Waals surface area contributed by atoms with Crippen LogP contribution in [0.1, 0.15) is 12.8 Å². The molecule has 0 amide bonds. The summed E-state index contributed by atoms with van der Waals surface area (Å²) in [6, 6.07) is 5.39. The van der Waals surface area contributed by atoms with Gasteiger partial charge in [0.05, 0.1) is 9.79 Å². The summed E-state index contributed by atoms with van der Waals surface area (Å²) in [5.41, 5.74) is 0. The molecular formula is C12H18N2O4S2. The Hall–Kier alpha value is -0.960. The fourth-order valence-electron chi connectivity index (χ4n) is 2.09. The van der Waals surface area contributed by atoms with Gasteiger partial charge in [0.2, 0.25) is 10.0 Å². The predicted octanol–water partition coefficient (Wildman–Crippen LogP) is 0.120. The highest BCUT2D eigenvalue weighted by Gasteiger charge is 2.19. The van der Waals surface area contributed by atoms with Crippen molar-refractivity contribution < 1.29 is 16.8 Å². The van der Waals surface area contributed by atoms with Crippen LogP contribution in [0.5, 0.6) is 0 Å². The van der Waals surface area contributed by atoms with Crippen molar-refractivity contribution in [2.75, 3.05) is 19.3 Å². The summed E-state index contributed by atoms with van der Waals surface area (Å²) in [6.45, 7) is 1.26. The van der Waals surface area contributed by atoms with Gasteiger partial charge in [-0.05, 0) is 43.7 Å². The number of hydrogen-bond acceptors (Lipinski definition) is 5. The minimum absolute atomic E-state index is 0.0721. The minimum Gasteiger partial charge on any atom is -0.313 e. The molecule has 1 aliphatic heterocycles. The smallest absolute Gasteiger partial charge is 0.240 e. The molecule has 1 heterocycles. The Morgan fingerprint density at radius 2 is 1.75 bits per heavy atom. The molecule has 0 saturated carbocycles. The Morgan fingerprint density at radius 1 is 1.15 bits per heavy atom. The monoisotopic (exact) mass is 318 g/mol. The normalized spacial score (nSPS) is 20.1. The molecule has 1 atom stereocenters. The van der Waals surface area contributed by atoms with Gasteiger partial charge < -0.3 is 5.32 Å². The van der Waals surface area contributed by atoms with Gasteiger partial charge >= 0.3 is 0 Å². The van der Waals surface area contributed by atoms with E-state index in [1.54, 1.807) is 0 Å². The van der Waals surface area contributed by atoms with Crippen LogP contribution in [0.15, 0.2) is 34.1 Å². The van der Waals surface area contributed by atoms with Crippen LogP contribution in [0.3, 0.4) is 0 Å². The molecule has 6 nitrogen and oxygen atoms in total. The SMILES string of the molecule is CS(=O)(=O)c1ccc(S(=O)(=O)NCC2CCCN2)cc1. The Balaban J connectivity index is 2.09. The quantitative estimate of drug-likeness (QED) is 0.804. The zero-order valence-electron chi connectivity index (χ0n) is 11.2. The first kappa shape index (κ1) is 15.4. The summed E-state index contributed by atoms with van der Waals surface area (Å²) in [5, 5.41) is 3.20. The highest BCUT2D eigenvalue weighted by Crippen LogP contribution is 2.14. The van der Waals surface area contributed by atoms with Gasteiger partial charge in [-0.2, -0.15) is 0 Å². The van der Waals surface area contributed by atoms with Crippen LogP contribution >= 0.6 is 0 Å². The molecule has 1 aliphatic rings. The lowest BCUT2D eigenvalue weighted by Gasteiger charge is -2.12. The zero-order chi connectivity index (χ0) is 14.8. The summed E-state index contributed by atoms with van der Waals surface area (Å²) in [6.07, 6.45) is 3.09. The molecule has 0 radical (unpaired) electrons. The third kappa shape index (κ3) is 3.78. The van der Waals surface area contributed by atoms with E-state index in [1.807, 2.05) is 0 Å². The Bertz CT molecular complexity index is 660. The van der Waals surface area contributed by atoms with E-state index in [2.05, 4.69) is 10.0 Å². The van der Waals surface area contributed by atoms with E-state index in [-0.39, 0.29) is 15.8 Å². The van der Waals surface area contributed by atoms with E-state index in [4.69, 9.17) is 0 Å². The lowest BCUT2D eigenvalue weighted by molar-refractivity contribution is 0.551. The van der Waals surface area contributed by atoms with E-state index in [0.29, 0.717) is 6.54 Å². The highest BCUT2D eigenvalue weighted by molar-refractivity contribution is 7.90. The van der Waals surface area contributed by atoms with Crippen LogP contribution in [0, 0.1) is 0 Å². The van der Waals surface area contributed by atoms with Crippen molar-refractivity contribution >= 4 is 19.9 Å². The Labute approximate surface area is 119 Å². The molecule has 1 aromatic carbocycles. The van der Waals surface area contributed by atoms with Crippen LogP contribution in [-0.2, 0) is 19.9 Å². The molecule has 1 fully saturated rings. The highest BCUT2D eigenvalue weighted by atomic mass is 32.2. The van der Waals surface area contributed by atoms with E-state index >= 15 is 0 Å². The van der Waals surface area contributed by atoms with Crippen LogP contribution in [0.25, 0.3) is 0 Å². The first-order chi connectivity index (χ1) is 9.29. The van der Waals surface area contributed by atoms with E-state index in [1.165, 1.54) is 24.3 Å². The summed E-state index contributed by atoms with van der Waals surface area (Å²) < 4.78 is 49.3. The second kappa shape index (κ2) is 5.80. The van der Waals surface area contributed by atoms with Gasteiger partial charge in [-0.3, -0.25) is 0 Å². The molecule has 0 bridgehead atoms. The number of nitrogens with one attached hydrogen (secondary N) is 2. The molecule has 112 valence electrons. The summed E-state index contributed by atoms with van der Waals surface area (Å²) >= 11 is 0. The van der Waals surface area contributed by atoms with Crippen LogP contribution < -0.4 is 10.0 Å². The molecule has 20 heavy (non-hydrogen) atoms. The summed E-state index contributed by atoms with van der Waals surface area (Å²) in [4.78, 5) is 0.178. The fourth-order valence-corrected chi connectivity index (χ4v) is 3.80. The molecule has 1 saturated heterocycles. The third-order valence-corrected chi connectivity index (χ3v) is 5.81. The van der Waals surface area contributed by atoms with Gasteiger partial charge in [0.1, 0.15) is 0 Å². The third-order valence-electron chi connectivity index (χ3n) is 3.24. The summed E-state index contributed by atoms with van der Waals surface area (Å²) in [5.74, 6) is 0. The number of hydrogen-bond donors (Lipinski definition) is 2. The molecule has 8 heteroatoms. The first-order valence-electron chi connectivity index (χ1n) is 6.32. The van der Waals surface area contributed by atoms with Gasteiger partial charge in [-0.25, -0.2) is 21.6 Å². The summed E-state index contributed by atoms with van der Waals surface area (Å²) in [7, 11) is -6.91. The van der Waals surface area contributed by atoms with Gasteiger partial charge in [-0.15, -0.1) is 0 Å². The van der Waals surface area contributed by atoms with Crippen molar-refractivity contribution in [2.24, 2.45) is 0 Å². The predicted molar refractivity (Wildman–Crippen MR) is 75.8 cm³/mol. The number of benzene rings is 1. The molecule has 2 N–H and O–H groups in total. The largest absolute Gasteiger partial charge is 0.313 e. The maximum absolute atomic E-state index is 12.1. The minimum atomic E-state index is -3.59. The van der Waals surface area contributed by atoms with Crippen molar-refractivity contribution in [3.63, 3.8) is 0 Å². The average Bonchev–Trinajstić information content (AvgIpc) is 2.89. The van der Waals surface area contributed by atoms with Crippen molar-refractivity contribution in [1.29, 1.82) is 0 Å². The molecule has 0 spiro atoms. The van der Waals surface area contributed by atoms with Gasteiger partial charge in [0.15, 0.2) is 9.84 Å². The van der Waals surface area contributed by atoms with Gasteiger partial charge in [0, 0.05) is 18.8 Å². The van der Waals surface area contributed by atoms with E-state index in [9.17, 15) is 16.8 Å². The average molecular weight is 318 g/mol. The van der Waals surface area contributed by atoms with Crippen LogP contribution in [0.4, 0.5) is 0 Å². The van der Waals surface area contributed by atoms with Gasteiger partial charge in [0.25, 0.3) is 0 Å². The van der Waals surface area contributed by atoms with E-state index in [0.717, 1.165) is 25.6 Å². The molecule has 1 unspecified atom stereocenters. The van der Waals surface area contributed by atoms with Crippen LogP contribution in [-0.4, -0.2) is 42.2 Å². The second-order valence-electron chi connectivity index (χ2n) is 4.89. The number of sulfone groups is 1. The second-order valence-corrected chi connectivity index (χ2v) is 8.67. The maximum atomic E-state index is 12.1. The molecule has 0 aliphatic carbocycles. The molecule has 2 rings (SSSR count). The number of sulfonamides is 1. The molecule has 0 aromatic heterocycles. The van der Waals surface area contributed by atoms with Crippen molar-refractivity contribution in [2.45, 2.75) is 28.7 Å². The lowest BCUT2D eigenvalue weighted by atomic mass is 10.2. The van der Waals surface area contributed by atoms with Gasteiger partial charge in [-0.1, -0.05) is 0 Å². The van der Waals surface area contributed by atoms with Crippen LogP contribution in [0.2, 0.25) is 0 Å². The topological polar surface area (TPSA) is 92.3 Å². The first-order valence-corrected chi connectivity index (χ1v) is 9.70. The van der Waals surface area contributed by atoms with E-state index < -0.39 is 19.9 Å². The number of rotatable bonds is 5. The molecule has 1 aromatic rings. The standard InChI is InChI=1S/C12H18N2O4S2/c1-19(15,16)11-4-6-12(7-5-11)20(17,18)14-9-10-3-2-8-13-10/h4-7,10,13-14H,2-3,8-9H2,1H3. The molecular weight excluding hydrogens is 300 g/mol. The fraction of sp³-hybridized carbons (Fsp3) is 0.500. The zero-order valence-corrected chi connectivity index (χ0v) is 12.8. The van der Waals surface area contributed by atoms with Crippen molar-refractivity contribution in [3.8, 4) is 0 Å². The Morgan fingerprint density at radius 3 is 2.25 bits per heavy atom. The Kier molecular flexibility index (Phi) is 4.48. The maximum Gasteiger partial charge on any atom is 0.240 e. The lowest BCUT2D eigenvalue weighted by Crippen LogP contribution is -2.37.